The largest absolute Gasteiger partial charge is 0.496 e. The fourth-order valence-electron chi connectivity index (χ4n) is 2.80. The highest BCUT2D eigenvalue weighted by atomic mass is 79.9. The molecule has 2 nitrogen and oxygen atoms in total. The van der Waals surface area contributed by atoms with Gasteiger partial charge in [-0.15, -0.1) is 0 Å². The molecule has 0 saturated heterocycles. The summed E-state index contributed by atoms with van der Waals surface area (Å²) in [5.41, 5.74) is 2.04. The van der Waals surface area contributed by atoms with Gasteiger partial charge in [0.15, 0.2) is 0 Å². The minimum atomic E-state index is 0.198. The first-order valence-corrected chi connectivity index (χ1v) is 8.20. The minimum Gasteiger partial charge on any atom is -0.496 e. The lowest BCUT2D eigenvalue weighted by atomic mass is 9.65. The second-order valence-electron chi connectivity index (χ2n) is 7.10. The Morgan fingerprint density at radius 2 is 2.00 bits per heavy atom. The van der Waals surface area contributed by atoms with Gasteiger partial charge in [0.05, 0.1) is 11.6 Å². The number of benzene rings is 1. The van der Waals surface area contributed by atoms with E-state index in [0.717, 1.165) is 23.2 Å². The van der Waals surface area contributed by atoms with Crippen LogP contribution in [0.15, 0.2) is 22.7 Å². The van der Waals surface area contributed by atoms with E-state index >= 15 is 0 Å². The van der Waals surface area contributed by atoms with Gasteiger partial charge in [0.2, 0.25) is 0 Å². The van der Waals surface area contributed by atoms with Gasteiger partial charge in [-0.2, -0.15) is 0 Å². The first kappa shape index (κ1) is 15.8. The van der Waals surface area contributed by atoms with Gasteiger partial charge in [-0.1, -0.05) is 12.5 Å². The van der Waals surface area contributed by atoms with Crippen LogP contribution in [-0.2, 0) is 6.42 Å². The van der Waals surface area contributed by atoms with Gasteiger partial charge < -0.3 is 10.1 Å². The van der Waals surface area contributed by atoms with E-state index in [-0.39, 0.29) is 5.54 Å². The van der Waals surface area contributed by atoms with Crippen LogP contribution in [-0.4, -0.2) is 19.2 Å². The zero-order chi connectivity index (χ0) is 14.8. The van der Waals surface area contributed by atoms with Gasteiger partial charge in [0, 0.05) is 12.1 Å². The first-order chi connectivity index (χ1) is 9.34. The van der Waals surface area contributed by atoms with E-state index in [9.17, 15) is 0 Å². The molecule has 3 heteroatoms. The molecule has 1 fully saturated rings. The molecule has 1 aromatic carbocycles. The smallest absolute Gasteiger partial charge is 0.133 e. The van der Waals surface area contributed by atoms with Crippen molar-refractivity contribution >= 4 is 15.9 Å². The molecular formula is C17H26BrNO. The maximum atomic E-state index is 5.30. The summed E-state index contributed by atoms with van der Waals surface area (Å²) in [4.78, 5) is 0. The molecule has 1 N–H and O–H groups in total. The van der Waals surface area contributed by atoms with Crippen molar-refractivity contribution in [1.82, 2.24) is 5.32 Å². The Bertz CT molecular complexity index is 461. The van der Waals surface area contributed by atoms with Gasteiger partial charge in [-0.25, -0.2) is 0 Å². The normalized spacial score (nSPS) is 17.6. The molecule has 0 radical (unpaired) electrons. The van der Waals surface area contributed by atoms with Gasteiger partial charge in [-0.05, 0) is 79.1 Å². The molecule has 1 aliphatic rings. The molecule has 1 aliphatic carbocycles. The standard InChI is InChI=1S/C17H26BrNO/c1-16(2,3)19-12-17(8-5-9-17)11-13-6-7-15(20-4)14(18)10-13/h6-7,10,19H,5,8-9,11-12H2,1-4H3. The lowest BCUT2D eigenvalue weighted by Gasteiger charge is -2.44. The second kappa shape index (κ2) is 6.07. The van der Waals surface area contributed by atoms with E-state index in [1.54, 1.807) is 7.11 Å². The maximum Gasteiger partial charge on any atom is 0.133 e. The van der Waals surface area contributed by atoms with Crippen molar-refractivity contribution in [3.05, 3.63) is 28.2 Å². The predicted octanol–water partition coefficient (Wildman–Crippen LogP) is 4.56. The Balaban J connectivity index is 2.04. The molecule has 0 heterocycles. The highest BCUT2D eigenvalue weighted by molar-refractivity contribution is 9.10. The molecule has 0 spiro atoms. The number of hydrogen-bond donors (Lipinski definition) is 1. The average molecular weight is 340 g/mol. The molecule has 0 amide bonds. The van der Waals surface area contributed by atoms with Crippen LogP contribution in [0, 0.1) is 5.41 Å². The number of halogens is 1. The molecule has 20 heavy (non-hydrogen) atoms. The van der Waals surface area contributed by atoms with Gasteiger partial charge in [-0.3, -0.25) is 0 Å². The Kier molecular flexibility index (Phi) is 4.80. The second-order valence-corrected chi connectivity index (χ2v) is 7.96. The SMILES string of the molecule is COc1ccc(CC2(CNC(C)(C)C)CCC2)cc1Br. The highest BCUT2D eigenvalue weighted by Crippen LogP contribution is 2.44. The summed E-state index contributed by atoms with van der Waals surface area (Å²) in [6, 6.07) is 6.46. The van der Waals surface area contributed by atoms with Crippen molar-refractivity contribution in [3.63, 3.8) is 0 Å². The number of ether oxygens (including phenoxy) is 1. The third-order valence-electron chi connectivity index (χ3n) is 4.20. The van der Waals surface area contributed by atoms with Crippen molar-refractivity contribution in [2.24, 2.45) is 5.41 Å². The van der Waals surface area contributed by atoms with Gasteiger partial charge in [0.25, 0.3) is 0 Å². The lowest BCUT2D eigenvalue weighted by molar-refractivity contribution is 0.118. The zero-order valence-corrected chi connectivity index (χ0v) is 14.6. The van der Waals surface area contributed by atoms with Gasteiger partial charge in [0.1, 0.15) is 5.75 Å². The molecule has 0 bridgehead atoms. The number of hydrogen-bond acceptors (Lipinski definition) is 2. The lowest BCUT2D eigenvalue weighted by Crippen LogP contribution is -2.47. The van der Waals surface area contributed by atoms with E-state index in [0.29, 0.717) is 5.41 Å². The summed E-state index contributed by atoms with van der Waals surface area (Å²) in [7, 11) is 1.71. The van der Waals surface area contributed by atoms with E-state index < -0.39 is 0 Å². The van der Waals surface area contributed by atoms with Crippen LogP contribution in [0.25, 0.3) is 0 Å². The summed E-state index contributed by atoms with van der Waals surface area (Å²) in [5, 5.41) is 3.69. The Morgan fingerprint density at radius 3 is 2.45 bits per heavy atom. The zero-order valence-electron chi connectivity index (χ0n) is 13.1. The number of rotatable bonds is 5. The van der Waals surface area contributed by atoms with Crippen LogP contribution < -0.4 is 10.1 Å². The average Bonchev–Trinajstić information content (AvgIpc) is 2.31. The van der Waals surface area contributed by atoms with E-state index in [1.807, 2.05) is 0 Å². The highest BCUT2D eigenvalue weighted by Gasteiger charge is 2.37. The minimum absolute atomic E-state index is 0.198. The van der Waals surface area contributed by atoms with Gasteiger partial charge >= 0.3 is 0 Å². The van der Waals surface area contributed by atoms with E-state index in [1.165, 1.54) is 24.8 Å². The summed E-state index contributed by atoms with van der Waals surface area (Å²) < 4.78 is 6.35. The van der Waals surface area contributed by atoms with Crippen molar-refractivity contribution < 1.29 is 4.74 Å². The van der Waals surface area contributed by atoms with Crippen molar-refractivity contribution in [1.29, 1.82) is 0 Å². The molecule has 0 unspecified atom stereocenters. The van der Waals surface area contributed by atoms with Crippen LogP contribution in [0.4, 0.5) is 0 Å². The van der Waals surface area contributed by atoms with E-state index in [2.05, 4.69) is 60.2 Å². The molecule has 112 valence electrons. The van der Waals surface area contributed by atoms with Crippen molar-refractivity contribution in [2.45, 2.75) is 52.0 Å². The number of methoxy groups -OCH3 is 1. The summed E-state index contributed by atoms with van der Waals surface area (Å²) in [5.74, 6) is 0.907. The fourth-order valence-corrected chi connectivity index (χ4v) is 3.39. The molecule has 0 atom stereocenters. The topological polar surface area (TPSA) is 21.3 Å². The third-order valence-corrected chi connectivity index (χ3v) is 4.82. The molecule has 1 aromatic rings. The van der Waals surface area contributed by atoms with Crippen molar-refractivity contribution in [2.75, 3.05) is 13.7 Å². The summed E-state index contributed by atoms with van der Waals surface area (Å²) in [6.45, 7) is 7.83. The molecule has 1 saturated carbocycles. The van der Waals surface area contributed by atoms with Crippen LogP contribution in [0.2, 0.25) is 0 Å². The molecule has 0 aromatic heterocycles. The third kappa shape index (κ3) is 3.98. The van der Waals surface area contributed by atoms with Crippen LogP contribution in [0.5, 0.6) is 5.75 Å². The Hall–Kier alpha value is -0.540. The predicted molar refractivity (Wildman–Crippen MR) is 88.4 cm³/mol. The molecule has 0 aliphatic heterocycles. The maximum absolute atomic E-state index is 5.30. The molecular weight excluding hydrogens is 314 g/mol. The first-order valence-electron chi connectivity index (χ1n) is 7.41. The van der Waals surface area contributed by atoms with E-state index in [4.69, 9.17) is 4.74 Å². The monoisotopic (exact) mass is 339 g/mol. The quantitative estimate of drug-likeness (QED) is 0.848. The van der Waals surface area contributed by atoms with Crippen LogP contribution in [0.1, 0.15) is 45.6 Å². The Labute approximate surface area is 131 Å². The van der Waals surface area contributed by atoms with Crippen LogP contribution in [0.3, 0.4) is 0 Å². The summed E-state index contributed by atoms with van der Waals surface area (Å²) in [6.07, 6.45) is 5.18. The Morgan fingerprint density at radius 1 is 1.30 bits per heavy atom. The van der Waals surface area contributed by atoms with Crippen molar-refractivity contribution in [3.8, 4) is 5.75 Å². The number of nitrogens with one attached hydrogen (secondary N) is 1. The molecule has 2 rings (SSSR count). The summed E-state index contributed by atoms with van der Waals surface area (Å²) >= 11 is 3.58. The fraction of sp³-hybridized carbons (Fsp3) is 0.647. The van der Waals surface area contributed by atoms with Crippen LogP contribution >= 0.6 is 15.9 Å².